The number of hydrogen-bond acceptors (Lipinski definition) is 3. The zero-order valence-electron chi connectivity index (χ0n) is 12.5. The summed E-state index contributed by atoms with van der Waals surface area (Å²) in [5.74, 6) is 1.72. The molecule has 6 heteroatoms. The molecule has 0 saturated carbocycles. The van der Waals surface area contributed by atoms with E-state index in [1.165, 1.54) is 5.56 Å². The summed E-state index contributed by atoms with van der Waals surface area (Å²) in [7, 11) is 7.14. The molecule has 0 radical (unpaired) electrons. The predicted octanol–water partition coefficient (Wildman–Crippen LogP) is 1.97. The minimum Gasteiger partial charge on any atom is -0.497 e. The van der Waals surface area contributed by atoms with E-state index in [-0.39, 0.29) is 24.0 Å². The van der Waals surface area contributed by atoms with Crippen LogP contribution < -0.4 is 10.1 Å². The Bertz CT molecular complexity index is 396. The zero-order valence-corrected chi connectivity index (χ0v) is 14.9. The molecule has 0 bridgehead atoms. The van der Waals surface area contributed by atoms with Crippen LogP contribution in [0.5, 0.6) is 5.75 Å². The van der Waals surface area contributed by atoms with Crippen LogP contribution >= 0.6 is 24.0 Å². The van der Waals surface area contributed by atoms with E-state index in [0.717, 1.165) is 24.8 Å². The quantitative estimate of drug-likeness (QED) is 0.348. The first-order chi connectivity index (χ1) is 9.21. The van der Waals surface area contributed by atoms with Crippen molar-refractivity contribution >= 4 is 29.9 Å². The van der Waals surface area contributed by atoms with E-state index >= 15 is 0 Å². The van der Waals surface area contributed by atoms with Gasteiger partial charge in [0.05, 0.1) is 13.7 Å². The van der Waals surface area contributed by atoms with E-state index in [2.05, 4.69) is 27.3 Å². The molecule has 0 heterocycles. The van der Waals surface area contributed by atoms with Crippen molar-refractivity contribution in [1.82, 2.24) is 10.2 Å². The Balaban J connectivity index is 0.00000361. The van der Waals surface area contributed by atoms with Gasteiger partial charge in [-0.05, 0) is 17.7 Å². The van der Waals surface area contributed by atoms with Crippen LogP contribution in [-0.4, -0.2) is 52.3 Å². The normalized spacial score (nSPS) is 10.7. The Kier molecular flexibility index (Phi) is 10.2. The first kappa shape index (κ1) is 19.0. The highest BCUT2D eigenvalue weighted by atomic mass is 127. The van der Waals surface area contributed by atoms with Gasteiger partial charge in [0.25, 0.3) is 0 Å². The zero-order chi connectivity index (χ0) is 14.1. The maximum atomic E-state index is 5.14. The fourth-order valence-corrected chi connectivity index (χ4v) is 1.73. The lowest BCUT2D eigenvalue weighted by molar-refractivity contribution is 0.203. The lowest BCUT2D eigenvalue weighted by atomic mass is 10.2. The molecule has 0 amide bonds. The molecule has 0 saturated heterocycles. The summed E-state index contributed by atoms with van der Waals surface area (Å²) < 4.78 is 10.2. The molecule has 0 atom stereocenters. The van der Waals surface area contributed by atoms with Gasteiger partial charge < -0.3 is 19.7 Å². The molecule has 0 spiro atoms. The van der Waals surface area contributed by atoms with Gasteiger partial charge in [-0.15, -0.1) is 24.0 Å². The van der Waals surface area contributed by atoms with E-state index in [4.69, 9.17) is 9.47 Å². The maximum Gasteiger partial charge on any atom is 0.193 e. The van der Waals surface area contributed by atoms with Crippen LogP contribution in [0.4, 0.5) is 0 Å². The lowest BCUT2D eigenvalue weighted by Crippen LogP contribution is -2.39. The summed E-state index contributed by atoms with van der Waals surface area (Å²) in [6.45, 7) is 2.20. The molecule has 0 unspecified atom stereocenters. The van der Waals surface area contributed by atoms with Gasteiger partial charge in [-0.3, -0.25) is 4.99 Å². The van der Waals surface area contributed by atoms with Crippen LogP contribution in [0.15, 0.2) is 29.3 Å². The number of aliphatic imine (C=N–C) groups is 1. The van der Waals surface area contributed by atoms with Gasteiger partial charge in [0.2, 0.25) is 0 Å². The van der Waals surface area contributed by atoms with Gasteiger partial charge in [0.15, 0.2) is 5.96 Å². The van der Waals surface area contributed by atoms with Crippen molar-refractivity contribution < 1.29 is 9.47 Å². The molecule has 1 aromatic rings. The second-order valence-corrected chi connectivity index (χ2v) is 4.17. The van der Waals surface area contributed by atoms with E-state index in [0.29, 0.717) is 6.61 Å². The molecule has 1 rings (SSSR count). The number of hydrogen-bond donors (Lipinski definition) is 1. The molecule has 5 nitrogen and oxygen atoms in total. The van der Waals surface area contributed by atoms with Crippen LogP contribution in [0, 0.1) is 0 Å². The van der Waals surface area contributed by atoms with Crippen molar-refractivity contribution in [1.29, 1.82) is 0 Å². The van der Waals surface area contributed by atoms with Crippen molar-refractivity contribution in [2.75, 3.05) is 41.5 Å². The number of methoxy groups -OCH3 is 2. The highest BCUT2D eigenvalue weighted by molar-refractivity contribution is 14.0. The van der Waals surface area contributed by atoms with Crippen molar-refractivity contribution in [2.45, 2.75) is 6.54 Å². The highest BCUT2D eigenvalue weighted by Crippen LogP contribution is 2.12. The predicted molar refractivity (Wildman–Crippen MR) is 93.1 cm³/mol. The summed E-state index contributed by atoms with van der Waals surface area (Å²) in [4.78, 5) is 6.31. The Morgan fingerprint density at radius 2 is 1.90 bits per heavy atom. The Hall–Kier alpha value is -1.02. The van der Waals surface area contributed by atoms with Crippen LogP contribution in [-0.2, 0) is 11.3 Å². The summed E-state index contributed by atoms with van der Waals surface area (Å²) in [5, 5.41) is 3.24. The first-order valence-corrected chi connectivity index (χ1v) is 6.25. The fraction of sp³-hybridized carbons (Fsp3) is 0.500. The van der Waals surface area contributed by atoms with Gasteiger partial charge in [0, 0.05) is 34.3 Å². The number of rotatable bonds is 6. The highest BCUT2D eigenvalue weighted by Gasteiger charge is 2.06. The third kappa shape index (κ3) is 6.42. The molecular formula is C14H24IN3O2. The van der Waals surface area contributed by atoms with Crippen molar-refractivity contribution in [3.05, 3.63) is 29.8 Å². The Morgan fingerprint density at radius 1 is 1.25 bits per heavy atom. The number of nitrogens with one attached hydrogen (secondary N) is 1. The third-order valence-corrected chi connectivity index (χ3v) is 2.74. The second-order valence-electron chi connectivity index (χ2n) is 4.17. The fourth-order valence-electron chi connectivity index (χ4n) is 1.73. The monoisotopic (exact) mass is 393 g/mol. The van der Waals surface area contributed by atoms with Crippen molar-refractivity contribution in [2.24, 2.45) is 4.99 Å². The molecule has 1 aromatic carbocycles. The van der Waals surface area contributed by atoms with Crippen LogP contribution in [0.2, 0.25) is 0 Å². The van der Waals surface area contributed by atoms with Gasteiger partial charge in [-0.25, -0.2) is 0 Å². The van der Waals surface area contributed by atoms with E-state index in [9.17, 15) is 0 Å². The Morgan fingerprint density at radius 3 is 2.40 bits per heavy atom. The average molecular weight is 393 g/mol. The maximum absolute atomic E-state index is 5.14. The molecular weight excluding hydrogens is 369 g/mol. The summed E-state index contributed by atoms with van der Waals surface area (Å²) >= 11 is 0. The standard InChI is InChI=1S/C14H23N3O2.HI/c1-15-14(16-9-10-18-3)17(2)11-12-5-7-13(19-4)8-6-12;/h5-8H,9-11H2,1-4H3,(H,15,16);1H. The van der Waals surface area contributed by atoms with Gasteiger partial charge in [-0.2, -0.15) is 0 Å². The third-order valence-electron chi connectivity index (χ3n) is 2.74. The molecule has 0 aliphatic rings. The Labute approximate surface area is 138 Å². The molecule has 0 aliphatic carbocycles. The number of nitrogens with zero attached hydrogens (tertiary/aromatic N) is 2. The number of guanidine groups is 1. The molecule has 20 heavy (non-hydrogen) atoms. The molecule has 0 aliphatic heterocycles. The van der Waals surface area contributed by atoms with Crippen LogP contribution in [0.1, 0.15) is 5.56 Å². The van der Waals surface area contributed by atoms with E-state index in [1.54, 1.807) is 21.3 Å². The van der Waals surface area contributed by atoms with Gasteiger partial charge in [0.1, 0.15) is 5.75 Å². The van der Waals surface area contributed by atoms with Crippen LogP contribution in [0.3, 0.4) is 0 Å². The number of ether oxygens (including phenoxy) is 2. The summed E-state index contributed by atoms with van der Waals surface area (Å²) in [5.41, 5.74) is 1.21. The molecule has 0 aromatic heterocycles. The number of halogens is 1. The SMILES string of the molecule is CN=C(NCCOC)N(C)Cc1ccc(OC)cc1.I. The topological polar surface area (TPSA) is 46.1 Å². The van der Waals surface area contributed by atoms with Gasteiger partial charge in [-0.1, -0.05) is 12.1 Å². The minimum absolute atomic E-state index is 0. The van der Waals surface area contributed by atoms with Crippen molar-refractivity contribution in [3.8, 4) is 5.75 Å². The summed E-state index contributed by atoms with van der Waals surface area (Å²) in [6, 6.07) is 8.03. The summed E-state index contributed by atoms with van der Waals surface area (Å²) in [6.07, 6.45) is 0. The van der Waals surface area contributed by atoms with Crippen molar-refractivity contribution in [3.63, 3.8) is 0 Å². The van der Waals surface area contributed by atoms with E-state index < -0.39 is 0 Å². The van der Waals surface area contributed by atoms with Gasteiger partial charge >= 0.3 is 0 Å². The largest absolute Gasteiger partial charge is 0.497 e. The molecule has 114 valence electrons. The first-order valence-electron chi connectivity index (χ1n) is 6.25. The van der Waals surface area contributed by atoms with Crippen LogP contribution in [0.25, 0.3) is 0 Å². The average Bonchev–Trinajstić information content (AvgIpc) is 2.44. The number of benzene rings is 1. The minimum atomic E-state index is 0. The van der Waals surface area contributed by atoms with E-state index in [1.807, 2.05) is 19.2 Å². The lowest BCUT2D eigenvalue weighted by Gasteiger charge is -2.22. The molecule has 1 N–H and O–H groups in total. The second kappa shape index (κ2) is 10.7. The molecule has 0 fully saturated rings. The smallest absolute Gasteiger partial charge is 0.193 e.